The van der Waals surface area contributed by atoms with Crippen LogP contribution in [0.15, 0.2) is 48.5 Å². The molecule has 0 heterocycles. The quantitative estimate of drug-likeness (QED) is 0.850. The van der Waals surface area contributed by atoms with Crippen molar-refractivity contribution in [3.8, 4) is 5.75 Å². The summed E-state index contributed by atoms with van der Waals surface area (Å²) in [5.74, 6) is -0.0606. The Labute approximate surface area is 137 Å². The molecule has 0 atom stereocenters. The van der Waals surface area contributed by atoms with Crippen molar-refractivity contribution in [2.24, 2.45) is 5.73 Å². The molecule has 0 aliphatic carbocycles. The van der Waals surface area contributed by atoms with Crippen LogP contribution in [-0.2, 0) is 13.1 Å². The van der Waals surface area contributed by atoms with Crippen molar-refractivity contribution < 1.29 is 9.13 Å². The van der Waals surface area contributed by atoms with E-state index in [2.05, 4.69) is 17.0 Å². The van der Waals surface area contributed by atoms with Gasteiger partial charge in [0.2, 0.25) is 0 Å². The van der Waals surface area contributed by atoms with E-state index in [4.69, 9.17) is 10.5 Å². The first kappa shape index (κ1) is 18.4. The van der Waals surface area contributed by atoms with Crippen molar-refractivity contribution in [2.45, 2.75) is 13.1 Å². The fraction of sp³-hybridized carbons (Fsp3) is 0.294. The molecule has 22 heavy (non-hydrogen) atoms. The van der Waals surface area contributed by atoms with E-state index in [-0.39, 0.29) is 24.0 Å². The fourth-order valence-electron chi connectivity index (χ4n) is 2.30. The number of hydrogen-bond acceptors (Lipinski definition) is 3. The Bertz CT molecular complexity index is 566. The second-order valence-corrected chi connectivity index (χ2v) is 4.95. The predicted molar refractivity (Wildman–Crippen MR) is 89.8 cm³/mol. The molecule has 0 unspecified atom stereocenters. The summed E-state index contributed by atoms with van der Waals surface area (Å²) in [4.78, 5) is 2.20. The molecular formula is C17H22ClFN2O. The third-order valence-corrected chi connectivity index (χ3v) is 3.32. The molecule has 3 nitrogen and oxygen atoms in total. The number of ether oxygens (including phenoxy) is 1. The Balaban J connectivity index is 0.00000242. The van der Waals surface area contributed by atoms with Gasteiger partial charge >= 0.3 is 0 Å². The van der Waals surface area contributed by atoms with Gasteiger partial charge in [0.05, 0.1) is 7.11 Å². The van der Waals surface area contributed by atoms with Crippen LogP contribution in [0.1, 0.15) is 11.1 Å². The Kier molecular flexibility index (Phi) is 7.88. The van der Waals surface area contributed by atoms with E-state index in [0.29, 0.717) is 13.1 Å². The van der Waals surface area contributed by atoms with Crippen LogP contribution in [0, 0.1) is 5.82 Å². The molecule has 0 fully saturated rings. The maximum Gasteiger partial charge on any atom is 0.165 e. The summed E-state index contributed by atoms with van der Waals surface area (Å²) >= 11 is 0. The molecular weight excluding hydrogens is 303 g/mol. The van der Waals surface area contributed by atoms with Gasteiger partial charge in [0.1, 0.15) is 0 Å². The van der Waals surface area contributed by atoms with E-state index < -0.39 is 0 Å². The van der Waals surface area contributed by atoms with Gasteiger partial charge < -0.3 is 10.5 Å². The zero-order valence-electron chi connectivity index (χ0n) is 12.7. The highest BCUT2D eigenvalue weighted by atomic mass is 35.5. The van der Waals surface area contributed by atoms with E-state index in [1.807, 2.05) is 24.3 Å². The Morgan fingerprint density at radius 2 is 1.73 bits per heavy atom. The predicted octanol–water partition coefficient (Wildman–Crippen LogP) is 3.22. The van der Waals surface area contributed by atoms with Gasteiger partial charge in [-0.3, -0.25) is 4.90 Å². The van der Waals surface area contributed by atoms with Crippen LogP contribution in [-0.4, -0.2) is 25.1 Å². The highest BCUT2D eigenvalue weighted by Gasteiger charge is 2.09. The lowest BCUT2D eigenvalue weighted by Gasteiger charge is -2.22. The zero-order chi connectivity index (χ0) is 15.1. The molecule has 0 saturated heterocycles. The zero-order valence-corrected chi connectivity index (χ0v) is 13.5. The van der Waals surface area contributed by atoms with Gasteiger partial charge in [-0.25, -0.2) is 4.39 Å². The van der Waals surface area contributed by atoms with Gasteiger partial charge in [-0.15, -0.1) is 12.4 Å². The van der Waals surface area contributed by atoms with Gasteiger partial charge in [0.25, 0.3) is 0 Å². The molecule has 5 heteroatoms. The molecule has 0 saturated carbocycles. The van der Waals surface area contributed by atoms with E-state index >= 15 is 0 Å². The number of benzene rings is 2. The Hall–Kier alpha value is -1.62. The topological polar surface area (TPSA) is 38.5 Å². The molecule has 2 N–H and O–H groups in total. The van der Waals surface area contributed by atoms with Gasteiger partial charge in [0, 0.05) is 26.2 Å². The lowest BCUT2D eigenvalue weighted by Crippen LogP contribution is -2.28. The summed E-state index contributed by atoms with van der Waals surface area (Å²) in [6, 6.07) is 15.3. The molecule has 0 radical (unpaired) electrons. The Morgan fingerprint density at radius 3 is 2.32 bits per heavy atom. The monoisotopic (exact) mass is 324 g/mol. The first-order valence-corrected chi connectivity index (χ1v) is 7.01. The van der Waals surface area contributed by atoms with Crippen molar-refractivity contribution in [3.63, 3.8) is 0 Å². The largest absolute Gasteiger partial charge is 0.494 e. The lowest BCUT2D eigenvalue weighted by atomic mass is 10.1. The van der Waals surface area contributed by atoms with Crippen molar-refractivity contribution >= 4 is 12.4 Å². The highest BCUT2D eigenvalue weighted by Crippen LogP contribution is 2.19. The van der Waals surface area contributed by atoms with Gasteiger partial charge in [-0.1, -0.05) is 36.4 Å². The van der Waals surface area contributed by atoms with E-state index in [1.165, 1.54) is 18.7 Å². The summed E-state index contributed by atoms with van der Waals surface area (Å²) in [7, 11) is 1.47. The molecule has 0 aromatic heterocycles. The van der Waals surface area contributed by atoms with Gasteiger partial charge in [-0.05, 0) is 23.3 Å². The fourth-order valence-corrected chi connectivity index (χ4v) is 2.30. The second kappa shape index (κ2) is 9.41. The third kappa shape index (κ3) is 5.30. The summed E-state index contributed by atoms with van der Waals surface area (Å²) in [6.45, 7) is 2.80. The summed E-state index contributed by atoms with van der Waals surface area (Å²) in [5.41, 5.74) is 7.81. The van der Waals surface area contributed by atoms with Crippen LogP contribution in [0.4, 0.5) is 4.39 Å². The maximum absolute atomic E-state index is 13.7. The maximum atomic E-state index is 13.7. The van der Waals surface area contributed by atoms with Crippen LogP contribution < -0.4 is 10.5 Å². The number of halogens is 2. The molecule has 0 aliphatic rings. The van der Waals surface area contributed by atoms with Crippen LogP contribution in [0.2, 0.25) is 0 Å². The molecule has 0 spiro atoms. The average molecular weight is 325 g/mol. The number of methoxy groups -OCH3 is 1. The normalized spacial score (nSPS) is 10.4. The minimum atomic E-state index is -0.331. The van der Waals surface area contributed by atoms with Crippen molar-refractivity contribution in [3.05, 3.63) is 65.5 Å². The molecule has 2 aromatic rings. The van der Waals surface area contributed by atoms with Gasteiger partial charge in [0.15, 0.2) is 11.6 Å². The first-order valence-electron chi connectivity index (χ1n) is 7.01. The molecule has 2 aromatic carbocycles. The number of hydrogen-bond donors (Lipinski definition) is 1. The van der Waals surface area contributed by atoms with Crippen LogP contribution in [0.5, 0.6) is 5.75 Å². The van der Waals surface area contributed by atoms with E-state index in [0.717, 1.165) is 18.7 Å². The third-order valence-electron chi connectivity index (χ3n) is 3.32. The van der Waals surface area contributed by atoms with Crippen molar-refractivity contribution in [2.75, 3.05) is 20.2 Å². The SMILES string of the molecule is COc1ccc(CN(CCN)Cc2ccccc2)cc1F.Cl. The van der Waals surface area contributed by atoms with Crippen LogP contribution >= 0.6 is 12.4 Å². The van der Waals surface area contributed by atoms with Crippen molar-refractivity contribution in [1.82, 2.24) is 4.90 Å². The molecule has 0 amide bonds. The molecule has 2 rings (SSSR count). The molecule has 120 valence electrons. The highest BCUT2D eigenvalue weighted by molar-refractivity contribution is 5.85. The Morgan fingerprint density at radius 1 is 1.05 bits per heavy atom. The summed E-state index contributed by atoms with van der Waals surface area (Å²) in [6.07, 6.45) is 0. The minimum Gasteiger partial charge on any atom is -0.494 e. The number of nitrogens with zero attached hydrogens (tertiary/aromatic N) is 1. The number of rotatable bonds is 7. The standard InChI is InChI=1S/C17H21FN2O.ClH/c1-21-17-8-7-15(11-16(17)18)13-20(10-9-19)12-14-5-3-2-4-6-14;/h2-8,11H,9-10,12-13,19H2,1H3;1H. The lowest BCUT2D eigenvalue weighted by molar-refractivity contribution is 0.263. The minimum absolute atomic E-state index is 0. The summed E-state index contributed by atoms with van der Waals surface area (Å²) in [5, 5.41) is 0. The van der Waals surface area contributed by atoms with Crippen LogP contribution in [0.25, 0.3) is 0 Å². The number of nitrogens with two attached hydrogens (primary N) is 1. The van der Waals surface area contributed by atoms with E-state index in [1.54, 1.807) is 6.07 Å². The summed E-state index contributed by atoms with van der Waals surface area (Å²) < 4.78 is 18.7. The van der Waals surface area contributed by atoms with Crippen molar-refractivity contribution in [1.29, 1.82) is 0 Å². The van der Waals surface area contributed by atoms with E-state index in [9.17, 15) is 4.39 Å². The van der Waals surface area contributed by atoms with Crippen LogP contribution in [0.3, 0.4) is 0 Å². The smallest absolute Gasteiger partial charge is 0.165 e. The molecule has 0 bridgehead atoms. The first-order chi connectivity index (χ1) is 10.2. The average Bonchev–Trinajstić information content (AvgIpc) is 2.49. The van der Waals surface area contributed by atoms with Gasteiger partial charge in [-0.2, -0.15) is 0 Å². The second-order valence-electron chi connectivity index (χ2n) is 4.95. The molecule has 0 aliphatic heterocycles.